The van der Waals surface area contributed by atoms with Gasteiger partial charge in [-0.2, -0.15) is 0 Å². The number of nitrogens with zero attached hydrogens (tertiary/aromatic N) is 2. The van der Waals surface area contributed by atoms with E-state index in [1.165, 1.54) is 6.20 Å². The van der Waals surface area contributed by atoms with Gasteiger partial charge in [-0.25, -0.2) is 4.98 Å². The summed E-state index contributed by atoms with van der Waals surface area (Å²) in [7, 11) is 0. The van der Waals surface area contributed by atoms with Gasteiger partial charge in [-0.3, -0.25) is 0 Å². The molecule has 12 heavy (non-hydrogen) atoms. The molecule has 0 amide bonds. The lowest BCUT2D eigenvalue weighted by Crippen LogP contribution is -2.41. The Morgan fingerprint density at radius 1 is 1.42 bits per heavy atom. The lowest BCUT2D eigenvalue weighted by molar-refractivity contribution is -0.0854. The molecule has 1 aromatic heterocycles. The molecule has 0 bridgehead atoms. The predicted octanol–water partition coefficient (Wildman–Crippen LogP) is -1.35. The van der Waals surface area contributed by atoms with Crippen molar-refractivity contribution in [2.24, 2.45) is 0 Å². The molecule has 3 N–H and O–H groups in total. The van der Waals surface area contributed by atoms with Gasteiger partial charge in [-0.05, 0) is 0 Å². The predicted molar refractivity (Wildman–Crippen MR) is 39.2 cm³/mol. The third-order valence-electron chi connectivity index (χ3n) is 2.11. The van der Waals surface area contributed by atoms with Crippen molar-refractivity contribution in [1.82, 2.24) is 9.55 Å². The topological polar surface area (TPSA) is 78.5 Å². The van der Waals surface area contributed by atoms with Gasteiger partial charge in [-0.1, -0.05) is 0 Å². The molecule has 66 valence electrons. The molecule has 0 radical (unpaired) electrons. The fourth-order valence-corrected chi connectivity index (χ4v) is 1.41. The molecule has 2 rings (SSSR count). The minimum absolute atomic E-state index is 0.285. The molecule has 0 fully saturated rings. The van der Waals surface area contributed by atoms with Gasteiger partial charge in [0.25, 0.3) is 0 Å². The lowest BCUT2D eigenvalue weighted by atomic mass is 10.0. The number of fused-ring (bicyclic) bond motifs is 1. The third-order valence-corrected chi connectivity index (χ3v) is 2.11. The van der Waals surface area contributed by atoms with E-state index in [0.29, 0.717) is 5.82 Å². The first-order chi connectivity index (χ1) is 5.70. The largest absolute Gasteiger partial charge is 0.388 e. The van der Waals surface area contributed by atoms with Crippen LogP contribution in [0, 0.1) is 0 Å². The number of hydrogen-bond donors (Lipinski definition) is 3. The molecule has 5 nitrogen and oxygen atoms in total. The Morgan fingerprint density at radius 3 is 2.92 bits per heavy atom. The molecule has 5 heteroatoms. The Bertz CT molecular complexity index is 286. The summed E-state index contributed by atoms with van der Waals surface area (Å²) in [5.41, 5.74) is 0. The third kappa shape index (κ3) is 0.945. The average Bonchev–Trinajstić information content (AvgIpc) is 2.48. The Morgan fingerprint density at radius 2 is 2.17 bits per heavy atom. The van der Waals surface area contributed by atoms with Gasteiger partial charge in [0.1, 0.15) is 24.1 Å². The SMILES string of the molecule is O[C@H]1[C@H](O)Cn2ccnc2[C@H]1O. The second kappa shape index (κ2) is 2.55. The molecular weight excluding hydrogens is 160 g/mol. The van der Waals surface area contributed by atoms with Gasteiger partial charge < -0.3 is 19.9 Å². The van der Waals surface area contributed by atoms with Crippen LogP contribution >= 0.6 is 0 Å². The highest BCUT2D eigenvalue weighted by Crippen LogP contribution is 2.23. The molecule has 2 heterocycles. The maximum Gasteiger partial charge on any atom is 0.140 e. The van der Waals surface area contributed by atoms with Gasteiger partial charge >= 0.3 is 0 Å². The van der Waals surface area contributed by atoms with Crippen molar-refractivity contribution in [3.63, 3.8) is 0 Å². The number of hydrogen-bond acceptors (Lipinski definition) is 4. The Hall–Kier alpha value is -0.910. The van der Waals surface area contributed by atoms with Gasteiger partial charge in [0, 0.05) is 12.4 Å². The van der Waals surface area contributed by atoms with Crippen molar-refractivity contribution in [3.8, 4) is 0 Å². The first kappa shape index (κ1) is 7.72. The van der Waals surface area contributed by atoms with E-state index < -0.39 is 18.3 Å². The van der Waals surface area contributed by atoms with E-state index >= 15 is 0 Å². The Kier molecular flexibility index (Phi) is 1.64. The summed E-state index contributed by atoms with van der Waals surface area (Å²) in [6.45, 7) is 0.285. The molecule has 0 aromatic carbocycles. The lowest BCUT2D eigenvalue weighted by Gasteiger charge is -2.28. The van der Waals surface area contributed by atoms with Crippen LogP contribution in [0.15, 0.2) is 12.4 Å². The van der Waals surface area contributed by atoms with Crippen molar-refractivity contribution < 1.29 is 15.3 Å². The Balaban J connectivity index is 2.39. The number of aromatic nitrogens is 2. The van der Waals surface area contributed by atoms with Crippen LogP contribution in [0.2, 0.25) is 0 Å². The van der Waals surface area contributed by atoms with Crippen molar-refractivity contribution in [2.75, 3.05) is 0 Å². The second-order valence-corrected chi connectivity index (χ2v) is 2.94. The molecule has 1 aliphatic rings. The second-order valence-electron chi connectivity index (χ2n) is 2.94. The zero-order valence-corrected chi connectivity index (χ0v) is 6.33. The number of rotatable bonds is 0. The van der Waals surface area contributed by atoms with Crippen LogP contribution in [0.5, 0.6) is 0 Å². The maximum atomic E-state index is 9.40. The summed E-state index contributed by atoms with van der Waals surface area (Å²) < 4.78 is 1.63. The first-order valence-corrected chi connectivity index (χ1v) is 3.75. The normalized spacial score (nSPS) is 34.8. The van der Waals surface area contributed by atoms with Crippen molar-refractivity contribution in [1.29, 1.82) is 0 Å². The molecule has 1 aliphatic heterocycles. The molecule has 0 unspecified atom stereocenters. The van der Waals surface area contributed by atoms with E-state index in [4.69, 9.17) is 0 Å². The van der Waals surface area contributed by atoms with E-state index in [2.05, 4.69) is 4.98 Å². The number of aliphatic hydroxyl groups is 3. The summed E-state index contributed by atoms with van der Waals surface area (Å²) in [4.78, 5) is 3.86. The van der Waals surface area contributed by atoms with Crippen LogP contribution in [-0.4, -0.2) is 37.1 Å². The van der Waals surface area contributed by atoms with E-state index in [-0.39, 0.29) is 6.54 Å². The summed E-state index contributed by atoms with van der Waals surface area (Å²) in [6.07, 6.45) is 0.0714. The summed E-state index contributed by atoms with van der Waals surface area (Å²) in [6, 6.07) is 0. The van der Waals surface area contributed by atoms with Crippen LogP contribution in [0.4, 0.5) is 0 Å². The first-order valence-electron chi connectivity index (χ1n) is 3.75. The Labute approximate surface area is 68.9 Å². The highest BCUT2D eigenvalue weighted by atomic mass is 16.4. The van der Waals surface area contributed by atoms with Crippen LogP contribution in [0.1, 0.15) is 11.9 Å². The van der Waals surface area contributed by atoms with Crippen molar-refractivity contribution >= 4 is 0 Å². The number of imidazole rings is 1. The molecular formula is C7H10N2O3. The minimum atomic E-state index is -1.13. The van der Waals surface area contributed by atoms with Crippen molar-refractivity contribution in [2.45, 2.75) is 24.9 Å². The monoisotopic (exact) mass is 170 g/mol. The van der Waals surface area contributed by atoms with Crippen LogP contribution in [-0.2, 0) is 6.54 Å². The molecule has 3 atom stereocenters. The summed E-state index contributed by atoms with van der Waals surface area (Å²) in [5.74, 6) is 0.410. The summed E-state index contributed by atoms with van der Waals surface area (Å²) in [5, 5.41) is 27.9. The maximum absolute atomic E-state index is 9.40. The van der Waals surface area contributed by atoms with Crippen LogP contribution in [0.3, 0.4) is 0 Å². The summed E-state index contributed by atoms with van der Waals surface area (Å²) >= 11 is 0. The van der Waals surface area contributed by atoms with Gasteiger partial charge in [-0.15, -0.1) is 0 Å². The zero-order chi connectivity index (χ0) is 8.72. The molecule has 0 aliphatic carbocycles. The number of aliphatic hydroxyl groups excluding tert-OH is 3. The fourth-order valence-electron chi connectivity index (χ4n) is 1.41. The van der Waals surface area contributed by atoms with Gasteiger partial charge in [0.15, 0.2) is 0 Å². The average molecular weight is 170 g/mol. The van der Waals surface area contributed by atoms with E-state index in [0.717, 1.165) is 0 Å². The molecule has 0 spiro atoms. The van der Waals surface area contributed by atoms with Crippen LogP contribution in [0.25, 0.3) is 0 Å². The standard InChI is InChI=1S/C7H10N2O3/c10-4-3-9-2-1-8-7(9)6(12)5(4)11/h1-2,4-6,10-12H,3H2/t4-,5+,6+/m1/s1. The molecule has 0 saturated heterocycles. The molecule has 1 aromatic rings. The van der Waals surface area contributed by atoms with E-state index in [1.54, 1.807) is 10.8 Å². The highest BCUT2D eigenvalue weighted by molar-refractivity contribution is 5.04. The van der Waals surface area contributed by atoms with Gasteiger partial charge in [0.2, 0.25) is 0 Å². The zero-order valence-electron chi connectivity index (χ0n) is 6.33. The smallest absolute Gasteiger partial charge is 0.140 e. The van der Waals surface area contributed by atoms with Gasteiger partial charge in [0.05, 0.1) is 6.54 Å². The highest BCUT2D eigenvalue weighted by Gasteiger charge is 2.33. The van der Waals surface area contributed by atoms with E-state index in [9.17, 15) is 15.3 Å². The fraction of sp³-hybridized carbons (Fsp3) is 0.571. The van der Waals surface area contributed by atoms with E-state index in [1.807, 2.05) is 0 Å². The van der Waals surface area contributed by atoms with Crippen molar-refractivity contribution in [3.05, 3.63) is 18.2 Å². The quantitative estimate of drug-likeness (QED) is 0.450. The minimum Gasteiger partial charge on any atom is -0.388 e. The molecule has 0 saturated carbocycles. The van der Waals surface area contributed by atoms with Crippen LogP contribution < -0.4 is 0 Å².